The summed E-state index contributed by atoms with van der Waals surface area (Å²) in [5, 5.41) is 0. The molecule has 6 heteroatoms. The molecule has 4 rings (SSSR count). The molecule has 4 aliphatic rings. The second-order valence-corrected chi connectivity index (χ2v) is 29.7. The van der Waals surface area contributed by atoms with Gasteiger partial charge in [0, 0.05) is 6.10 Å². The van der Waals surface area contributed by atoms with Gasteiger partial charge < -0.3 is 13.3 Å². The molecule has 0 amide bonds. The Hall–Kier alpha value is 0.271. The highest BCUT2D eigenvalue weighted by Crippen LogP contribution is 2.67. The van der Waals surface area contributed by atoms with Crippen LogP contribution in [0.3, 0.4) is 0 Å². The number of hydrogen-bond donors (Lipinski definition) is 0. The molecule has 8 unspecified atom stereocenters. The van der Waals surface area contributed by atoms with Crippen LogP contribution in [0.5, 0.6) is 0 Å². The fraction of sp³-hybridized carbons (Fsp3) is 0.933. The SMILES string of the molecule is CC12CCC(O[Si](C)(C)C)CC1=CCC1C2CCC2(C)C(C(CO[Si](C)(C)C)O[Si](C)(C)C)CCC12. The van der Waals surface area contributed by atoms with E-state index in [2.05, 4.69) is 78.8 Å². The highest BCUT2D eigenvalue weighted by molar-refractivity contribution is 6.70. The average Bonchev–Trinajstić information content (AvgIpc) is 3.06. The highest BCUT2D eigenvalue weighted by Gasteiger charge is 2.60. The fourth-order valence-corrected chi connectivity index (χ4v) is 11.9. The van der Waals surface area contributed by atoms with Crippen molar-refractivity contribution in [3.63, 3.8) is 0 Å². The summed E-state index contributed by atoms with van der Waals surface area (Å²) in [4.78, 5) is 0. The van der Waals surface area contributed by atoms with E-state index in [0.29, 0.717) is 22.9 Å². The molecule has 3 nitrogen and oxygen atoms in total. The smallest absolute Gasteiger partial charge is 0.184 e. The molecule has 0 aromatic rings. The van der Waals surface area contributed by atoms with Crippen LogP contribution in [-0.4, -0.2) is 43.8 Å². The van der Waals surface area contributed by atoms with Crippen molar-refractivity contribution in [1.29, 1.82) is 0 Å². The molecule has 0 heterocycles. The summed E-state index contributed by atoms with van der Waals surface area (Å²) >= 11 is 0. The van der Waals surface area contributed by atoms with Gasteiger partial charge in [-0.25, -0.2) is 0 Å². The Bertz CT molecular complexity index is 823. The van der Waals surface area contributed by atoms with E-state index in [4.69, 9.17) is 13.3 Å². The van der Waals surface area contributed by atoms with Gasteiger partial charge in [-0.2, -0.15) is 0 Å². The standard InChI is InChI=1S/C30H58O3Si3/c1-29-18-16-23(32-35(6,7)8)20-22(29)12-13-24-25-14-15-27(30(25,2)19-17-26(24)29)28(33-36(9,10)11)21-31-34(3,4)5/h12,23-28H,13-21H2,1-11H3. The quantitative estimate of drug-likeness (QED) is 0.223. The van der Waals surface area contributed by atoms with E-state index >= 15 is 0 Å². The summed E-state index contributed by atoms with van der Waals surface area (Å²) < 4.78 is 20.1. The van der Waals surface area contributed by atoms with E-state index in [1.165, 1.54) is 51.4 Å². The Morgan fingerprint density at radius 1 is 0.833 bits per heavy atom. The Morgan fingerprint density at radius 3 is 2.14 bits per heavy atom. The third kappa shape index (κ3) is 6.19. The largest absolute Gasteiger partial charge is 0.415 e. The van der Waals surface area contributed by atoms with Gasteiger partial charge in [-0.1, -0.05) is 25.5 Å². The molecule has 0 radical (unpaired) electrons. The van der Waals surface area contributed by atoms with Crippen molar-refractivity contribution in [2.75, 3.05) is 6.61 Å². The van der Waals surface area contributed by atoms with Crippen molar-refractivity contribution in [3.05, 3.63) is 11.6 Å². The molecule has 0 saturated heterocycles. The van der Waals surface area contributed by atoms with Gasteiger partial charge >= 0.3 is 0 Å². The Kier molecular flexibility index (Phi) is 8.15. The first-order chi connectivity index (χ1) is 16.4. The molecule has 3 fully saturated rings. The molecule has 0 aliphatic heterocycles. The van der Waals surface area contributed by atoms with Crippen LogP contribution in [-0.2, 0) is 13.3 Å². The topological polar surface area (TPSA) is 27.7 Å². The Morgan fingerprint density at radius 2 is 1.53 bits per heavy atom. The molecule has 208 valence electrons. The summed E-state index contributed by atoms with van der Waals surface area (Å²) in [7, 11) is -4.71. The van der Waals surface area contributed by atoms with Crippen LogP contribution < -0.4 is 0 Å². The van der Waals surface area contributed by atoms with Gasteiger partial charge in [-0.15, -0.1) is 0 Å². The number of fused-ring (bicyclic) bond motifs is 5. The van der Waals surface area contributed by atoms with Crippen molar-refractivity contribution < 1.29 is 13.3 Å². The van der Waals surface area contributed by atoms with Gasteiger partial charge in [-0.05, 0) is 145 Å². The number of allylic oxidation sites excluding steroid dienone is 1. The maximum atomic E-state index is 6.94. The van der Waals surface area contributed by atoms with Crippen molar-refractivity contribution in [1.82, 2.24) is 0 Å². The van der Waals surface area contributed by atoms with Crippen molar-refractivity contribution in [3.8, 4) is 0 Å². The minimum absolute atomic E-state index is 0.273. The molecule has 8 atom stereocenters. The van der Waals surface area contributed by atoms with E-state index < -0.39 is 25.0 Å². The lowest BCUT2D eigenvalue weighted by atomic mass is 9.47. The number of rotatable bonds is 8. The molecular weight excluding hydrogens is 493 g/mol. The number of hydrogen-bond acceptors (Lipinski definition) is 3. The van der Waals surface area contributed by atoms with Crippen LogP contribution in [0.2, 0.25) is 58.9 Å². The van der Waals surface area contributed by atoms with Crippen LogP contribution in [0.25, 0.3) is 0 Å². The lowest BCUT2D eigenvalue weighted by Gasteiger charge is -2.59. The van der Waals surface area contributed by atoms with Gasteiger partial charge in [0.2, 0.25) is 0 Å². The second-order valence-electron chi connectivity index (χ2n) is 16.3. The lowest BCUT2D eigenvalue weighted by molar-refractivity contribution is -0.0726. The predicted octanol–water partition coefficient (Wildman–Crippen LogP) is 8.86. The maximum absolute atomic E-state index is 6.94. The van der Waals surface area contributed by atoms with E-state index in [0.717, 1.165) is 24.4 Å². The summed E-state index contributed by atoms with van der Waals surface area (Å²) in [5.41, 5.74) is 2.55. The molecular formula is C30H58O3Si3. The third-order valence-corrected chi connectivity index (χ3v) is 13.4. The zero-order valence-corrected chi connectivity index (χ0v) is 28.6. The summed E-state index contributed by atoms with van der Waals surface area (Å²) in [6.07, 6.45) is 14.0. The molecule has 0 aromatic heterocycles. The van der Waals surface area contributed by atoms with Gasteiger partial charge in [0.25, 0.3) is 0 Å². The second kappa shape index (κ2) is 10.0. The molecule has 3 saturated carbocycles. The van der Waals surface area contributed by atoms with E-state index in [1.807, 2.05) is 0 Å². The Balaban J connectivity index is 1.53. The molecule has 4 aliphatic carbocycles. The molecule has 36 heavy (non-hydrogen) atoms. The minimum atomic E-state index is -1.65. The van der Waals surface area contributed by atoms with E-state index in [-0.39, 0.29) is 6.10 Å². The first-order valence-corrected chi connectivity index (χ1v) is 25.3. The first kappa shape index (κ1) is 29.3. The average molecular weight is 551 g/mol. The minimum Gasteiger partial charge on any atom is -0.415 e. The van der Waals surface area contributed by atoms with Crippen LogP contribution in [0.15, 0.2) is 11.6 Å². The Labute approximate surface area is 226 Å². The highest BCUT2D eigenvalue weighted by atomic mass is 28.4. The summed E-state index contributed by atoms with van der Waals surface area (Å²) in [6, 6.07) is 0. The monoisotopic (exact) mass is 550 g/mol. The third-order valence-electron chi connectivity index (χ3n) is 10.3. The molecule has 0 aromatic carbocycles. The molecule has 0 bridgehead atoms. The van der Waals surface area contributed by atoms with Crippen molar-refractivity contribution >= 4 is 25.0 Å². The van der Waals surface area contributed by atoms with Crippen molar-refractivity contribution in [2.24, 2.45) is 34.5 Å². The fourth-order valence-electron chi connectivity index (χ4n) is 8.90. The van der Waals surface area contributed by atoms with Gasteiger partial charge in [-0.3, -0.25) is 0 Å². The van der Waals surface area contributed by atoms with E-state index in [1.54, 1.807) is 5.57 Å². The normalized spacial score (nSPS) is 40.2. The summed E-state index contributed by atoms with van der Waals surface area (Å²) in [6.45, 7) is 27.2. The van der Waals surface area contributed by atoms with Crippen LogP contribution in [0, 0.1) is 34.5 Å². The molecule has 0 spiro atoms. The van der Waals surface area contributed by atoms with Crippen LogP contribution in [0.4, 0.5) is 0 Å². The zero-order valence-electron chi connectivity index (χ0n) is 25.6. The van der Waals surface area contributed by atoms with Crippen LogP contribution >= 0.6 is 0 Å². The zero-order chi connectivity index (χ0) is 26.7. The predicted molar refractivity (Wildman–Crippen MR) is 161 cm³/mol. The van der Waals surface area contributed by atoms with Crippen LogP contribution in [0.1, 0.15) is 65.2 Å². The van der Waals surface area contributed by atoms with Gasteiger partial charge in [0.05, 0.1) is 12.7 Å². The van der Waals surface area contributed by atoms with E-state index in [9.17, 15) is 0 Å². The lowest BCUT2D eigenvalue weighted by Crippen LogP contribution is -2.53. The maximum Gasteiger partial charge on any atom is 0.184 e. The molecule has 0 N–H and O–H groups in total. The van der Waals surface area contributed by atoms with Crippen molar-refractivity contribution in [2.45, 2.75) is 136 Å². The van der Waals surface area contributed by atoms with Gasteiger partial charge in [0.15, 0.2) is 25.0 Å². The summed E-state index contributed by atoms with van der Waals surface area (Å²) in [5.74, 6) is 3.19. The van der Waals surface area contributed by atoms with Gasteiger partial charge in [0.1, 0.15) is 0 Å². The first-order valence-electron chi connectivity index (χ1n) is 15.1.